The first-order valence-electron chi connectivity index (χ1n) is 4.50. The van der Waals surface area contributed by atoms with Crippen molar-refractivity contribution in [2.45, 2.75) is 26.4 Å². The van der Waals surface area contributed by atoms with E-state index in [1.807, 2.05) is 19.9 Å². The first-order chi connectivity index (χ1) is 6.19. The molecule has 0 fully saturated rings. The Morgan fingerprint density at radius 3 is 2.62 bits per heavy atom. The van der Waals surface area contributed by atoms with E-state index in [1.54, 1.807) is 19.2 Å². The number of methoxy groups -OCH3 is 1. The van der Waals surface area contributed by atoms with Gasteiger partial charge in [0.25, 0.3) is 0 Å². The zero-order valence-corrected chi connectivity index (χ0v) is 8.30. The van der Waals surface area contributed by atoms with Crippen molar-refractivity contribution >= 4 is 0 Å². The average molecular weight is 182 g/mol. The summed E-state index contributed by atoms with van der Waals surface area (Å²) in [5.74, 6) is -0.172. The van der Waals surface area contributed by atoms with Crippen LogP contribution in [0, 0.1) is 5.82 Å². The zero-order chi connectivity index (χ0) is 9.84. The Morgan fingerprint density at radius 1 is 1.46 bits per heavy atom. The molecule has 0 amide bonds. The molecule has 0 saturated heterocycles. The molecule has 72 valence electrons. The molecule has 13 heavy (non-hydrogen) atoms. The standard InChI is InChI=1S/C11H15FO/c1-4-9-5-6-10(8(2)13-3)11(12)7-9/h5-8H,4H2,1-3H3. The summed E-state index contributed by atoms with van der Waals surface area (Å²) in [5, 5.41) is 0. The van der Waals surface area contributed by atoms with E-state index in [1.165, 1.54) is 0 Å². The molecule has 0 aliphatic carbocycles. The molecule has 1 nitrogen and oxygen atoms in total. The van der Waals surface area contributed by atoms with Crippen LogP contribution < -0.4 is 0 Å². The molecule has 0 aliphatic rings. The number of halogens is 1. The van der Waals surface area contributed by atoms with E-state index in [0.29, 0.717) is 5.56 Å². The normalized spacial score (nSPS) is 12.9. The van der Waals surface area contributed by atoms with Crippen molar-refractivity contribution in [3.8, 4) is 0 Å². The Balaban J connectivity index is 2.98. The number of hydrogen-bond donors (Lipinski definition) is 0. The maximum atomic E-state index is 13.4. The molecule has 0 saturated carbocycles. The quantitative estimate of drug-likeness (QED) is 0.698. The predicted molar refractivity (Wildman–Crippen MR) is 51.2 cm³/mol. The van der Waals surface area contributed by atoms with Gasteiger partial charge in [-0.25, -0.2) is 4.39 Å². The number of hydrogen-bond acceptors (Lipinski definition) is 1. The van der Waals surface area contributed by atoms with Crippen LogP contribution in [0.4, 0.5) is 4.39 Å². The summed E-state index contributed by atoms with van der Waals surface area (Å²) in [6.45, 7) is 3.85. The van der Waals surface area contributed by atoms with Crippen molar-refractivity contribution in [3.63, 3.8) is 0 Å². The molecule has 1 rings (SSSR count). The van der Waals surface area contributed by atoms with E-state index in [0.717, 1.165) is 12.0 Å². The highest BCUT2D eigenvalue weighted by Gasteiger charge is 2.09. The van der Waals surface area contributed by atoms with Gasteiger partial charge in [0.15, 0.2) is 0 Å². The summed E-state index contributed by atoms with van der Waals surface area (Å²) in [6, 6.07) is 5.31. The van der Waals surface area contributed by atoms with Crippen LogP contribution in [-0.2, 0) is 11.2 Å². The molecule has 1 aromatic carbocycles. The molecule has 0 heterocycles. The van der Waals surface area contributed by atoms with Gasteiger partial charge in [0.05, 0.1) is 6.10 Å². The number of benzene rings is 1. The van der Waals surface area contributed by atoms with Gasteiger partial charge in [0.1, 0.15) is 5.82 Å². The molecule has 0 aromatic heterocycles. The second-order valence-corrected chi connectivity index (χ2v) is 3.09. The van der Waals surface area contributed by atoms with Gasteiger partial charge in [-0.05, 0) is 25.0 Å². The molecule has 0 spiro atoms. The molecule has 1 atom stereocenters. The fourth-order valence-corrected chi connectivity index (χ4v) is 1.25. The second kappa shape index (κ2) is 4.38. The lowest BCUT2D eigenvalue weighted by atomic mass is 10.1. The largest absolute Gasteiger partial charge is 0.377 e. The maximum absolute atomic E-state index is 13.4. The third-order valence-electron chi connectivity index (χ3n) is 2.26. The molecule has 0 N–H and O–H groups in total. The van der Waals surface area contributed by atoms with Crippen molar-refractivity contribution < 1.29 is 9.13 Å². The molecule has 1 unspecified atom stereocenters. The van der Waals surface area contributed by atoms with E-state index in [2.05, 4.69) is 0 Å². The molecular weight excluding hydrogens is 167 g/mol. The zero-order valence-electron chi connectivity index (χ0n) is 8.30. The van der Waals surface area contributed by atoms with E-state index in [-0.39, 0.29) is 11.9 Å². The third-order valence-corrected chi connectivity index (χ3v) is 2.26. The molecule has 2 heteroatoms. The summed E-state index contributed by atoms with van der Waals surface area (Å²) in [4.78, 5) is 0. The lowest BCUT2D eigenvalue weighted by Gasteiger charge is -2.11. The number of rotatable bonds is 3. The van der Waals surface area contributed by atoms with E-state index in [9.17, 15) is 4.39 Å². The molecule has 0 radical (unpaired) electrons. The Morgan fingerprint density at radius 2 is 2.15 bits per heavy atom. The molecule has 0 aliphatic heterocycles. The van der Waals surface area contributed by atoms with Crippen molar-refractivity contribution in [1.82, 2.24) is 0 Å². The molecule has 1 aromatic rings. The minimum absolute atomic E-state index is 0.172. The Kier molecular flexibility index (Phi) is 3.43. The van der Waals surface area contributed by atoms with E-state index in [4.69, 9.17) is 4.74 Å². The van der Waals surface area contributed by atoms with Crippen LogP contribution in [0.2, 0.25) is 0 Å². The molecule has 0 bridgehead atoms. The van der Waals surface area contributed by atoms with Gasteiger partial charge in [-0.3, -0.25) is 0 Å². The van der Waals surface area contributed by atoms with Gasteiger partial charge in [-0.15, -0.1) is 0 Å². The average Bonchev–Trinajstić information content (AvgIpc) is 2.16. The maximum Gasteiger partial charge on any atom is 0.129 e. The third kappa shape index (κ3) is 2.28. The second-order valence-electron chi connectivity index (χ2n) is 3.09. The highest BCUT2D eigenvalue weighted by molar-refractivity contribution is 5.25. The van der Waals surface area contributed by atoms with Crippen molar-refractivity contribution in [2.75, 3.05) is 7.11 Å². The SMILES string of the molecule is CCc1ccc(C(C)OC)c(F)c1. The van der Waals surface area contributed by atoms with Gasteiger partial charge < -0.3 is 4.74 Å². The predicted octanol–water partition coefficient (Wildman–Crippen LogP) is 3.10. The van der Waals surface area contributed by atoms with Crippen LogP contribution in [0.3, 0.4) is 0 Å². The highest BCUT2D eigenvalue weighted by atomic mass is 19.1. The van der Waals surface area contributed by atoms with Crippen LogP contribution in [0.15, 0.2) is 18.2 Å². The minimum atomic E-state index is -0.175. The van der Waals surface area contributed by atoms with Crippen LogP contribution in [0.1, 0.15) is 31.1 Å². The lowest BCUT2D eigenvalue weighted by molar-refractivity contribution is 0.116. The summed E-state index contributed by atoms with van der Waals surface area (Å²) in [7, 11) is 1.58. The summed E-state index contributed by atoms with van der Waals surface area (Å²) >= 11 is 0. The first kappa shape index (κ1) is 10.2. The van der Waals surface area contributed by atoms with E-state index >= 15 is 0 Å². The van der Waals surface area contributed by atoms with Gasteiger partial charge >= 0.3 is 0 Å². The van der Waals surface area contributed by atoms with Crippen LogP contribution >= 0.6 is 0 Å². The fraction of sp³-hybridized carbons (Fsp3) is 0.455. The van der Waals surface area contributed by atoms with Crippen molar-refractivity contribution in [3.05, 3.63) is 35.1 Å². The Labute approximate surface area is 78.5 Å². The Hall–Kier alpha value is -0.890. The summed E-state index contributed by atoms with van der Waals surface area (Å²) < 4.78 is 18.4. The summed E-state index contributed by atoms with van der Waals surface area (Å²) in [5.41, 5.74) is 1.64. The number of aryl methyl sites for hydroxylation is 1. The highest BCUT2D eigenvalue weighted by Crippen LogP contribution is 2.20. The molecular formula is C11H15FO. The van der Waals surface area contributed by atoms with Gasteiger partial charge in [-0.2, -0.15) is 0 Å². The topological polar surface area (TPSA) is 9.23 Å². The van der Waals surface area contributed by atoms with Crippen molar-refractivity contribution in [2.24, 2.45) is 0 Å². The monoisotopic (exact) mass is 182 g/mol. The minimum Gasteiger partial charge on any atom is -0.377 e. The van der Waals surface area contributed by atoms with Gasteiger partial charge in [-0.1, -0.05) is 19.1 Å². The Bertz CT molecular complexity index is 283. The van der Waals surface area contributed by atoms with Gasteiger partial charge in [0.2, 0.25) is 0 Å². The number of ether oxygens (including phenoxy) is 1. The first-order valence-corrected chi connectivity index (χ1v) is 4.50. The lowest BCUT2D eigenvalue weighted by Crippen LogP contribution is -2.00. The van der Waals surface area contributed by atoms with Crippen LogP contribution in [0.5, 0.6) is 0 Å². The van der Waals surface area contributed by atoms with Crippen LogP contribution in [0.25, 0.3) is 0 Å². The van der Waals surface area contributed by atoms with Crippen LogP contribution in [-0.4, -0.2) is 7.11 Å². The van der Waals surface area contributed by atoms with E-state index < -0.39 is 0 Å². The fourth-order valence-electron chi connectivity index (χ4n) is 1.25. The summed E-state index contributed by atoms with van der Waals surface area (Å²) in [6.07, 6.45) is 0.685. The van der Waals surface area contributed by atoms with Crippen molar-refractivity contribution in [1.29, 1.82) is 0 Å². The van der Waals surface area contributed by atoms with Gasteiger partial charge in [0, 0.05) is 12.7 Å². The smallest absolute Gasteiger partial charge is 0.129 e.